The molecule has 32 heavy (non-hydrogen) atoms. The summed E-state index contributed by atoms with van der Waals surface area (Å²) < 4.78 is 11.5. The first kappa shape index (κ1) is 22.9. The van der Waals surface area contributed by atoms with Crippen LogP contribution in [0.3, 0.4) is 0 Å². The fourth-order valence-electron chi connectivity index (χ4n) is 4.85. The SMILES string of the molecule is COc1ccc(C)cc1CN1CCN(c2ccc(OCCCN3CCCCC3)cc2)CC1. The van der Waals surface area contributed by atoms with Crippen molar-refractivity contribution in [3.63, 3.8) is 0 Å². The molecular formula is C27H39N3O2. The number of nitrogens with zero attached hydrogens (tertiary/aromatic N) is 3. The average Bonchev–Trinajstić information content (AvgIpc) is 2.84. The summed E-state index contributed by atoms with van der Waals surface area (Å²) in [6.45, 7) is 11.8. The van der Waals surface area contributed by atoms with Crippen molar-refractivity contribution in [2.24, 2.45) is 0 Å². The molecule has 174 valence electrons. The van der Waals surface area contributed by atoms with Gasteiger partial charge in [-0.1, -0.05) is 24.1 Å². The van der Waals surface area contributed by atoms with Gasteiger partial charge in [0.15, 0.2) is 0 Å². The molecule has 2 aliphatic heterocycles. The van der Waals surface area contributed by atoms with Crippen molar-refractivity contribution >= 4 is 5.69 Å². The van der Waals surface area contributed by atoms with Gasteiger partial charge in [0, 0.05) is 50.5 Å². The van der Waals surface area contributed by atoms with Gasteiger partial charge in [-0.05, 0) is 69.6 Å². The summed E-state index contributed by atoms with van der Waals surface area (Å²) in [6.07, 6.45) is 5.22. The second-order valence-corrected chi connectivity index (χ2v) is 9.18. The summed E-state index contributed by atoms with van der Waals surface area (Å²) in [6, 6.07) is 15.1. The number of benzene rings is 2. The van der Waals surface area contributed by atoms with E-state index in [1.165, 1.54) is 49.2 Å². The standard InChI is InChI=1S/C27H39N3O2/c1-23-7-12-27(31-2)24(21-23)22-29-16-18-30(19-17-29)25-8-10-26(11-9-25)32-20-6-15-28-13-4-3-5-14-28/h7-12,21H,3-6,13-20,22H2,1-2H3. The number of likely N-dealkylation sites (tertiary alicyclic amines) is 1. The van der Waals surface area contributed by atoms with Crippen molar-refractivity contribution < 1.29 is 9.47 Å². The first-order valence-electron chi connectivity index (χ1n) is 12.3. The van der Waals surface area contributed by atoms with Gasteiger partial charge in [0.25, 0.3) is 0 Å². The second-order valence-electron chi connectivity index (χ2n) is 9.18. The summed E-state index contributed by atoms with van der Waals surface area (Å²) >= 11 is 0. The van der Waals surface area contributed by atoms with Crippen LogP contribution in [0.15, 0.2) is 42.5 Å². The van der Waals surface area contributed by atoms with E-state index in [0.717, 1.165) is 63.8 Å². The zero-order valence-electron chi connectivity index (χ0n) is 19.9. The van der Waals surface area contributed by atoms with E-state index in [2.05, 4.69) is 64.1 Å². The van der Waals surface area contributed by atoms with Crippen LogP contribution >= 0.6 is 0 Å². The number of rotatable bonds is 9. The molecule has 0 radical (unpaired) electrons. The lowest BCUT2D eigenvalue weighted by Crippen LogP contribution is -2.46. The number of methoxy groups -OCH3 is 1. The van der Waals surface area contributed by atoms with E-state index >= 15 is 0 Å². The van der Waals surface area contributed by atoms with Gasteiger partial charge in [-0.3, -0.25) is 4.90 Å². The van der Waals surface area contributed by atoms with Crippen molar-refractivity contribution in [3.05, 3.63) is 53.6 Å². The summed E-state index contributed by atoms with van der Waals surface area (Å²) in [5.41, 5.74) is 3.86. The molecule has 0 aliphatic carbocycles. The molecular weight excluding hydrogens is 398 g/mol. The number of piperidine rings is 1. The molecule has 2 fully saturated rings. The number of piperazine rings is 1. The molecule has 0 unspecified atom stereocenters. The van der Waals surface area contributed by atoms with Crippen molar-refractivity contribution in [3.8, 4) is 11.5 Å². The van der Waals surface area contributed by atoms with E-state index in [9.17, 15) is 0 Å². The van der Waals surface area contributed by atoms with Crippen molar-refractivity contribution in [2.75, 3.05) is 64.4 Å². The lowest BCUT2D eigenvalue weighted by atomic mass is 10.1. The average molecular weight is 438 g/mol. The maximum absolute atomic E-state index is 5.99. The van der Waals surface area contributed by atoms with Gasteiger partial charge in [-0.25, -0.2) is 0 Å². The molecule has 2 aliphatic rings. The van der Waals surface area contributed by atoms with Crippen LogP contribution in [0.25, 0.3) is 0 Å². The van der Waals surface area contributed by atoms with Crippen molar-refractivity contribution in [1.82, 2.24) is 9.80 Å². The number of anilines is 1. The van der Waals surface area contributed by atoms with Crippen molar-refractivity contribution in [1.29, 1.82) is 0 Å². The van der Waals surface area contributed by atoms with Gasteiger partial charge in [-0.2, -0.15) is 0 Å². The van der Waals surface area contributed by atoms with Gasteiger partial charge >= 0.3 is 0 Å². The minimum Gasteiger partial charge on any atom is -0.496 e. The Kier molecular flexibility index (Phi) is 8.30. The number of ether oxygens (including phenoxy) is 2. The fraction of sp³-hybridized carbons (Fsp3) is 0.556. The highest BCUT2D eigenvalue weighted by Crippen LogP contribution is 2.24. The van der Waals surface area contributed by atoms with Gasteiger partial charge in [-0.15, -0.1) is 0 Å². The van der Waals surface area contributed by atoms with Crippen LogP contribution in [0, 0.1) is 6.92 Å². The zero-order valence-corrected chi connectivity index (χ0v) is 19.9. The lowest BCUT2D eigenvalue weighted by Gasteiger charge is -2.36. The first-order valence-corrected chi connectivity index (χ1v) is 12.3. The highest BCUT2D eigenvalue weighted by atomic mass is 16.5. The summed E-state index contributed by atoms with van der Waals surface area (Å²) in [5, 5.41) is 0. The Morgan fingerprint density at radius 1 is 0.812 bits per heavy atom. The molecule has 0 atom stereocenters. The summed E-state index contributed by atoms with van der Waals surface area (Å²) in [7, 11) is 1.76. The summed E-state index contributed by atoms with van der Waals surface area (Å²) in [5.74, 6) is 1.97. The topological polar surface area (TPSA) is 28.2 Å². The molecule has 2 aromatic carbocycles. The van der Waals surface area contributed by atoms with Crippen LogP contribution in [0.1, 0.15) is 36.8 Å². The van der Waals surface area contributed by atoms with Gasteiger partial charge < -0.3 is 19.3 Å². The van der Waals surface area contributed by atoms with Crippen LogP contribution in [0.2, 0.25) is 0 Å². The van der Waals surface area contributed by atoms with E-state index < -0.39 is 0 Å². The van der Waals surface area contributed by atoms with Gasteiger partial charge in [0.1, 0.15) is 11.5 Å². The maximum atomic E-state index is 5.99. The molecule has 0 bridgehead atoms. The molecule has 2 heterocycles. The van der Waals surface area contributed by atoms with Crippen LogP contribution in [-0.4, -0.2) is 69.3 Å². The third-order valence-corrected chi connectivity index (χ3v) is 6.74. The maximum Gasteiger partial charge on any atom is 0.123 e. The van der Waals surface area contributed by atoms with E-state index in [4.69, 9.17) is 9.47 Å². The Hall–Kier alpha value is -2.24. The normalized spacial score (nSPS) is 18.0. The Bertz CT molecular complexity index is 825. The number of aryl methyl sites for hydroxylation is 1. The highest BCUT2D eigenvalue weighted by molar-refractivity contribution is 5.49. The summed E-state index contributed by atoms with van der Waals surface area (Å²) in [4.78, 5) is 7.57. The molecule has 2 saturated heterocycles. The number of hydrogen-bond acceptors (Lipinski definition) is 5. The van der Waals surface area contributed by atoms with Crippen LogP contribution in [-0.2, 0) is 6.54 Å². The quantitative estimate of drug-likeness (QED) is 0.536. The van der Waals surface area contributed by atoms with Crippen molar-refractivity contribution in [2.45, 2.75) is 39.2 Å². The Morgan fingerprint density at radius 2 is 1.56 bits per heavy atom. The predicted octanol–water partition coefficient (Wildman–Crippen LogP) is 4.58. The van der Waals surface area contributed by atoms with Gasteiger partial charge in [0.05, 0.1) is 13.7 Å². The first-order chi connectivity index (χ1) is 15.7. The van der Waals surface area contributed by atoms with E-state index in [1.807, 2.05) is 0 Å². The van der Waals surface area contributed by atoms with Crippen LogP contribution in [0.5, 0.6) is 11.5 Å². The molecule has 0 aromatic heterocycles. The van der Waals surface area contributed by atoms with Crippen LogP contribution < -0.4 is 14.4 Å². The van der Waals surface area contributed by atoms with Crippen LogP contribution in [0.4, 0.5) is 5.69 Å². The molecule has 0 saturated carbocycles. The smallest absolute Gasteiger partial charge is 0.123 e. The molecule has 2 aromatic rings. The zero-order chi connectivity index (χ0) is 22.2. The Morgan fingerprint density at radius 3 is 2.28 bits per heavy atom. The molecule has 5 heteroatoms. The minimum absolute atomic E-state index is 0.803. The molecule has 0 N–H and O–H groups in total. The fourth-order valence-corrected chi connectivity index (χ4v) is 4.85. The van der Waals surface area contributed by atoms with E-state index in [-0.39, 0.29) is 0 Å². The minimum atomic E-state index is 0.803. The van der Waals surface area contributed by atoms with E-state index in [0.29, 0.717) is 0 Å². The molecule has 0 amide bonds. The molecule has 0 spiro atoms. The number of hydrogen-bond donors (Lipinski definition) is 0. The molecule has 4 rings (SSSR count). The second kappa shape index (κ2) is 11.6. The largest absolute Gasteiger partial charge is 0.496 e. The lowest BCUT2D eigenvalue weighted by molar-refractivity contribution is 0.205. The Balaban J connectivity index is 1.20. The third kappa shape index (κ3) is 6.39. The van der Waals surface area contributed by atoms with Gasteiger partial charge in [0.2, 0.25) is 0 Å². The Labute approximate surface area is 193 Å². The molecule has 5 nitrogen and oxygen atoms in total. The monoisotopic (exact) mass is 437 g/mol. The highest BCUT2D eigenvalue weighted by Gasteiger charge is 2.19. The van der Waals surface area contributed by atoms with E-state index in [1.54, 1.807) is 7.11 Å². The third-order valence-electron chi connectivity index (χ3n) is 6.74. The predicted molar refractivity (Wildman–Crippen MR) is 132 cm³/mol.